The lowest BCUT2D eigenvalue weighted by Crippen LogP contribution is -2.30. The van der Waals surface area contributed by atoms with Crippen LogP contribution in [0.1, 0.15) is 5.56 Å². The number of halogens is 2. The summed E-state index contributed by atoms with van der Waals surface area (Å²) in [6.45, 7) is 0.0207. The zero-order chi connectivity index (χ0) is 10.8. The van der Waals surface area contributed by atoms with Crippen molar-refractivity contribution in [2.75, 3.05) is 6.61 Å². The maximum atomic E-state index is 13.1. The van der Waals surface area contributed by atoms with Gasteiger partial charge in [0, 0.05) is 5.56 Å². The van der Waals surface area contributed by atoms with Gasteiger partial charge in [0.15, 0.2) is 0 Å². The molecule has 0 spiro atoms. The Morgan fingerprint density at radius 1 is 1.53 bits per heavy atom. The predicted octanol–water partition coefficient (Wildman–Crippen LogP) is 1.92. The van der Waals surface area contributed by atoms with Gasteiger partial charge >= 0.3 is 6.09 Å². The quantitative estimate of drug-likeness (QED) is 0.798. The fraction of sp³-hybridized carbons (Fsp3) is 0.111. The van der Waals surface area contributed by atoms with Crippen LogP contribution in [0.15, 0.2) is 23.3 Å². The van der Waals surface area contributed by atoms with Gasteiger partial charge in [-0.15, -0.1) is 0 Å². The number of rotatable bonds is 1. The van der Waals surface area contributed by atoms with Crippen LogP contribution in [-0.4, -0.2) is 18.4 Å². The van der Waals surface area contributed by atoms with Gasteiger partial charge in [0.25, 0.3) is 0 Å². The Bertz CT molecular complexity index is 448. The highest BCUT2D eigenvalue weighted by Gasteiger charge is 2.14. The Balaban J connectivity index is 2.30. The fourth-order valence-electron chi connectivity index (χ4n) is 1.14. The second-order valence-corrected chi connectivity index (χ2v) is 3.28. The van der Waals surface area contributed by atoms with Gasteiger partial charge in [-0.1, -0.05) is 17.7 Å². The lowest BCUT2D eigenvalue weighted by Gasteiger charge is -2.13. The summed E-state index contributed by atoms with van der Waals surface area (Å²) < 4.78 is 17.8. The highest BCUT2D eigenvalue weighted by atomic mass is 35.5. The van der Waals surface area contributed by atoms with Crippen LogP contribution >= 0.6 is 11.6 Å². The Labute approximate surface area is 89.7 Å². The first-order valence-electron chi connectivity index (χ1n) is 4.11. The van der Waals surface area contributed by atoms with Gasteiger partial charge in [-0.25, -0.2) is 14.6 Å². The molecule has 1 amide bonds. The maximum absolute atomic E-state index is 13.1. The van der Waals surface area contributed by atoms with E-state index in [0.29, 0.717) is 11.3 Å². The van der Waals surface area contributed by atoms with Crippen LogP contribution in [-0.2, 0) is 4.74 Å². The molecule has 0 aliphatic carbocycles. The van der Waals surface area contributed by atoms with Crippen LogP contribution in [0.3, 0.4) is 0 Å². The normalized spacial score (nSPS) is 15.3. The number of nitrogens with one attached hydrogen (secondary N) is 1. The molecule has 4 nitrogen and oxygen atoms in total. The first-order valence-corrected chi connectivity index (χ1v) is 4.49. The average Bonchev–Trinajstić information content (AvgIpc) is 2.23. The molecule has 0 radical (unpaired) electrons. The summed E-state index contributed by atoms with van der Waals surface area (Å²) in [5.41, 5.74) is 3.11. The van der Waals surface area contributed by atoms with Gasteiger partial charge in [-0.2, -0.15) is 5.10 Å². The average molecular weight is 229 g/mol. The SMILES string of the molecule is O=C1NN=C(c2ccc(Cl)c(F)c2)CO1. The van der Waals surface area contributed by atoms with E-state index in [0.717, 1.165) is 0 Å². The largest absolute Gasteiger partial charge is 0.442 e. The van der Waals surface area contributed by atoms with Gasteiger partial charge in [-0.3, -0.25) is 0 Å². The van der Waals surface area contributed by atoms with Gasteiger partial charge in [0.2, 0.25) is 0 Å². The van der Waals surface area contributed by atoms with Gasteiger partial charge in [0.1, 0.15) is 18.1 Å². The summed E-state index contributed by atoms with van der Waals surface area (Å²) in [5.74, 6) is -0.534. The number of hydrogen-bond acceptors (Lipinski definition) is 3. The van der Waals surface area contributed by atoms with Crippen molar-refractivity contribution < 1.29 is 13.9 Å². The monoisotopic (exact) mass is 228 g/mol. The van der Waals surface area contributed by atoms with Crippen molar-refractivity contribution in [3.05, 3.63) is 34.6 Å². The summed E-state index contributed by atoms with van der Waals surface area (Å²) in [7, 11) is 0. The Morgan fingerprint density at radius 3 is 2.93 bits per heavy atom. The Hall–Kier alpha value is -1.62. The van der Waals surface area contributed by atoms with Crippen LogP contribution < -0.4 is 5.43 Å². The number of hydrogen-bond donors (Lipinski definition) is 1. The molecule has 1 aliphatic rings. The number of nitrogens with zero attached hydrogens (tertiary/aromatic N) is 1. The van der Waals surface area contributed by atoms with Crippen molar-refractivity contribution in [2.45, 2.75) is 0 Å². The van der Waals surface area contributed by atoms with E-state index in [1.165, 1.54) is 12.1 Å². The van der Waals surface area contributed by atoms with Crippen LogP contribution in [0.25, 0.3) is 0 Å². The molecule has 0 unspecified atom stereocenters. The predicted molar refractivity (Wildman–Crippen MR) is 52.4 cm³/mol. The minimum absolute atomic E-state index is 0.0207. The lowest BCUT2D eigenvalue weighted by atomic mass is 10.1. The minimum atomic E-state index is -0.617. The summed E-state index contributed by atoms with van der Waals surface area (Å²) in [4.78, 5) is 10.6. The van der Waals surface area contributed by atoms with E-state index >= 15 is 0 Å². The smallest absolute Gasteiger partial charge is 0.428 e. The lowest BCUT2D eigenvalue weighted by molar-refractivity contribution is 0.157. The van der Waals surface area contributed by atoms with Gasteiger partial charge < -0.3 is 4.74 Å². The number of benzene rings is 1. The molecular weight excluding hydrogens is 223 g/mol. The Morgan fingerprint density at radius 2 is 2.33 bits per heavy atom. The summed E-state index contributed by atoms with van der Waals surface area (Å²) in [6, 6.07) is 4.26. The number of ether oxygens (including phenoxy) is 1. The van der Waals surface area contributed by atoms with E-state index < -0.39 is 11.9 Å². The highest BCUT2D eigenvalue weighted by Crippen LogP contribution is 2.16. The summed E-state index contributed by atoms with van der Waals surface area (Å²) >= 11 is 5.53. The molecule has 78 valence electrons. The summed E-state index contributed by atoms with van der Waals surface area (Å²) in [5, 5.41) is 3.78. The molecule has 0 saturated heterocycles. The van der Waals surface area contributed by atoms with Crippen molar-refractivity contribution in [3.63, 3.8) is 0 Å². The van der Waals surface area contributed by atoms with Crippen molar-refractivity contribution in [1.29, 1.82) is 0 Å². The molecule has 1 aliphatic heterocycles. The van der Waals surface area contributed by atoms with E-state index in [1.807, 2.05) is 0 Å². The second-order valence-electron chi connectivity index (χ2n) is 2.88. The minimum Gasteiger partial charge on any atom is -0.442 e. The third-order valence-electron chi connectivity index (χ3n) is 1.87. The van der Waals surface area contributed by atoms with E-state index in [4.69, 9.17) is 11.6 Å². The number of cyclic esters (lactones) is 1. The molecule has 1 aromatic carbocycles. The molecule has 1 heterocycles. The van der Waals surface area contributed by atoms with E-state index in [9.17, 15) is 9.18 Å². The van der Waals surface area contributed by atoms with Gasteiger partial charge in [-0.05, 0) is 12.1 Å². The molecular formula is C9H6ClFN2O2. The third-order valence-corrected chi connectivity index (χ3v) is 2.18. The molecule has 2 rings (SSSR count). The van der Waals surface area contributed by atoms with Crippen molar-refractivity contribution in [3.8, 4) is 0 Å². The molecule has 6 heteroatoms. The maximum Gasteiger partial charge on any atom is 0.428 e. The number of carbonyl (C=O) groups is 1. The highest BCUT2D eigenvalue weighted by molar-refractivity contribution is 6.30. The molecule has 0 saturated carbocycles. The van der Waals surface area contributed by atoms with E-state index in [-0.39, 0.29) is 11.6 Å². The van der Waals surface area contributed by atoms with Crippen LogP contribution in [0.2, 0.25) is 5.02 Å². The number of hydrazone groups is 1. The first kappa shape index (κ1) is 9.92. The van der Waals surface area contributed by atoms with E-state index in [1.54, 1.807) is 6.07 Å². The van der Waals surface area contributed by atoms with Crippen LogP contribution in [0, 0.1) is 5.82 Å². The zero-order valence-electron chi connectivity index (χ0n) is 7.46. The second kappa shape index (κ2) is 3.86. The zero-order valence-corrected chi connectivity index (χ0v) is 8.21. The molecule has 0 atom stereocenters. The molecule has 0 fully saturated rings. The van der Waals surface area contributed by atoms with E-state index in [2.05, 4.69) is 15.3 Å². The standard InChI is InChI=1S/C9H6ClFN2O2/c10-6-2-1-5(3-7(6)11)8-4-15-9(14)13-12-8/h1-3H,4H2,(H,13,14). The first-order chi connectivity index (χ1) is 7.16. The summed E-state index contributed by atoms with van der Waals surface area (Å²) in [6.07, 6.45) is -0.617. The fourth-order valence-corrected chi connectivity index (χ4v) is 1.25. The van der Waals surface area contributed by atoms with Crippen molar-refractivity contribution in [1.82, 2.24) is 5.43 Å². The topological polar surface area (TPSA) is 50.7 Å². The molecule has 1 aromatic rings. The number of carbonyl (C=O) groups excluding carboxylic acids is 1. The molecule has 1 N–H and O–H groups in total. The molecule has 15 heavy (non-hydrogen) atoms. The van der Waals surface area contributed by atoms with Crippen molar-refractivity contribution >= 4 is 23.4 Å². The number of amides is 1. The van der Waals surface area contributed by atoms with Gasteiger partial charge in [0.05, 0.1) is 5.02 Å². The molecule has 0 aromatic heterocycles. The third kappa shape index (κ3) is 2.07. The van der Waals surface area contributed by atoms with Crippen molar-refractivity contribution in [2.24, 2.45) is 5.10 Å². The molecule has 0 bridgehead atoms. The van der Waals surface area contributed by atoms with Crippen LogP contribution in [0.4, 0.5) is 9.18 Å². The Kier molecular flexibility index (Phi) is 2.55. The van der Waals surface area contributed by atoms with Crippen LogP contribution in [0.5, 0.6) is 0 Å².